The van der Waals surface area contributed by atoms with E-state index in [1.807, 2.05) is 6.92 Å². The number of amides is 1. The monoisotopic (exact) mass is 415 g/mol. The summed E-state index contributed by atoms with van der Waals surface area (Å²) in [5.74, 6) is -0.817. The number of benzene rings is 1. The number of hydrogen-bond acceptors (Lipinski definition) is 4. The lowest BCUT2D eigenvalue weighted by Gasteiger charge is -2.15. The highest BCUT2D eigenvalue weighted by molar-refractivity contribution is 7.18. The number of nitrogens with zero attached hydrogens (tertiary/aromatic N) is 2. The fraction of sp³-hybridized carbons (Fsp3) is 0.235. The zero-order chi connectivity index (χ0) is 19.8. The highest BCUT2D eigenvalue weighted by Crippen LogP contribution is 2.38. The largest absolute Gasteiger partial charge is 0.418 e. The van der Waals surface area contributed by atoms with Gasteiger partial charge in [0.1, 0.15) is 11.4 Å². The molecule has 3 rings (SSSR count). The molecule has 5 nitrogen and oxygen atoms in total. The first kappa shape index (κ1) is 19.4. The molecular weight excluding hydrogens is 403 g/mol. The standard InChI is InChI=1S/C17H13ClF3N3O2S/c1-2-9-6-10-15(27-9)22-8-24(16(10)26)7-13(25)23-14-11(17(19,20)21)4-3-5-12(14)18/h3-6,8H,2,7H2,1H3,(H,23,25). The number of rotatable bonds is 4. The Morgan fingerprint density at radius 2 is 2.11 bits per heavy atom. The summed E-state index contributed by atoms with van der Waals surface area (Å²) >= 11 is 7.20. The molecule has 0 aliphatic rings. The average Bonchev–Trinajstić information content (AvgIpc) is 3.02. The second kappa shape index (κ2) is 7.32. The molecule has 1 aromatic carbocycles. The van der Waals surface area contributed by atoms with Crippen molar-refractivity contribution in [2.45, 2.75) is 26.1 Å². The second-order valence-electron chi connectivity index (χ2n) is 5.67. The van der Waals surface area contributed by atoms with Crippen molar-refractivity contribution in [3.05, 3.63) is 56.4 Å². The van der Waals surface area contributed by atoms with E-state index in [0.717, 1.165) is 28.0 Å². The Morgan fingerprint density at radius 1 is 1.37 bits per heavy atom. The molecule has 1 N–H and O–H groups in total. The van der Waals surface area contributed by atoms with Crippen LogP contribution >= 0.6 is 22.9 Å². The number of hydrogen-bond donors (Lipinski definition) is 1. The summed E-state index contributed by atoms with van der Waals surface area (Å²) in [4.78, 5) is 30.4. The van der Waals surface area contributed by atoms with Crippen LogP contribution in [-0.4, -0.2) is 15.5 Å². The van der Waals surface area contributed by atoms with E-state index in [4.69, 9.17) is 11.6 Å². The molecule has 0 atom stereocenters. The van der Waals surface area contributed by atoms with Crippen LogP contribution in [0.1, 0.15) is 17.4 Å². The number of halogens is 4. The van der Waals surface area contributed by atoms with Crippen LogP contribution in [-0.2, 0) is 23.9 Å². The molecule has 142 valence electrons. The molecule has 0 saturated heterocycles. The molecule has 0 aliphatic carbocycles. The second-order valence-corrected chi connectivity index (χ2v) is 7.19. The zero-order valence-corrected chi connectivity index (χ0v) is 15.5. The van der Waals surface area contributed by atoms with Crippen LogP contribution in [0.15, 0.2) is 35.4 Å². The lowest BCUT2D eigenvalue weighted by atomic mass is 10.1. The van der Waals surface area contributed by atoms with E-state index >= 15 is 0 Å². The minimum atomic E-state index is -4.68. The zero-order valence-electron chi connectivity index (χ0n) is 13.9. The van der Waals surface area contributed by atoms with Gasteiger partial charge in [0.05, 0.1) is 28.0 Å². The summed E-state index contributed by atoms with van der Waals surface area (Å²) in [5.41, 5.74) is -2.03. The quantitative estimate of drug-likeness (QED) is 0.689. The van der Waals surface area contributed by atoms with Crippen molar-refractivity contribution in [2.75, 3.05) is 5.32 Å². The first-order chi connectivity index (χ1) is 12.7. The van der Waals surface area contributed by atoms with E-state index in [0.29, 0.717) is 10.2 Å². The number of para-hydroxylation sites is 1. The van der Waals surface area contributed by atoms with Crippen LogP contribution in [0, 0.1) is 0 Å². The molecule has 0 fully saturated rings. The molecular formula is C17H13ClF3N3O2S. The van der Waals surface area contributed by atoms with E-state index in [2.05, 4.69) is 10.3 Å². The van der Waals surface area contributed by atoms with Gasteiger partial charge in [0.25, 0.3) is 5.56 Å². The Kier molecular flexibility index (Phi) is 5.25. The molecule has 27 heavy (non-hydrogen) atoms. The maximum atomic E-state index is 13.1. The number of carbonyl (C=O) groups is 1. The topological polar surface area (TPSA) is 64.0 Å². The van der Waals surface area contributed by atoms with Crippen molar-refractivity contribution in [3.8, 4) is 0 Å². The van der Waals surface area contributed by atoms with E-state index in [9.17, 15) is 22.8 Å². The third-order valence-corrected chi connectivity index (χ3v) is 5.32. The normalized spacial score (nSPS) is 11.7. The lowest BCUT2D eigenvalue weighted by Crippen LogP contribution is -2.28. The van der Waals surface area contributed by atoms with Crippen molar-refractivity contribution in [1.29, 1.82) is 0 Å². The minimum absolute atomic E-state index is 0.246. The van der Waals surface area contributed by atoms with Crippen LogP contribution in [0.25, 0.3) is 10.2 Å². The number of fused-ring (bicyclic) bond motifs is 1. The van der Waals surface area contributed by atoms with Gasteiger partial charge >= 0.3 is 6.18 Å². The first-order valence-electron chi connectivity index (χ1n) is 7.84. The molecule has 0 aliphatic heterocycles. The van der Waals surface area contributed by atoms with Gasteiger partial charge in [0.15, 0.2) is 0 Å². The first-order valence-corrected chi connectivity index (χ1v) is 9.03. The van der Waals surface area contributed by atoms with Gasteiger partial charge in [0.2, 0.25) is 5.91 Å². The summed E-state index contributed by atoms with van der Waals surface area (Å²) in [6.07, 6.45) is -2.73. The summed E-state index contributed by atoms with van der Waals surface area (Å²) in [7, 11) is 0. The van der Waals surface area contributed by atoms with Crippen molar-refractivity contribution >= 4 is 44.7 Å². The van der Waals surface area contributed by atoms with E-state index in [1.165, 1.54) is 23.7 Å². The molecule has 0 unspecified atom stereocenters. The van der Waals surface area contributed by atoms with Crippen LogP contribution in [0.5, 0.6) is 0 Å². The maximum absolute atomic E-state index is 13.1. The lowest BCUT2D eigenvalue weighted by molar-refractivity contribution is -0.137. The van der Waals surface area contributed by atoms with E-state index in [1.54, 1.807) is 6.07 Å². The SMILES string of the molecule is CCc1cc2c(=O)n(CC(=O)Nc3c(Cl)cccc3C(F)(F)F)cnc2s1. The van der Waals surface area contributed by atoms with Crippen molar-refractivity contribution in [2.24, 2.45) is 0 Å². The number of aryl methyl sites for hydroxylation is 1. The summed E-state index contributed by atoms with van der Waals surface area (Å²) in [5, 5.41) is 2.28. The Balaban J connectivity index is 1.88. The van der Waals surface area contributed by atoms with Gasteiger partial charge < -0.3 is 5.32 Å². The van der Waals surface area contributed by atoms with Gasteiger partial charge in [-0.1, -0.05) is 24.6 Å². The van der Waals surface area contributed by atoms with Crippen molar-refractivity contribution in [3.63, 3.8) is 0 Å². The Bertz CT molecular complexity index is 1080. The molecule has 0 saturated carbocycles. The minimum Gasteiger partial charge on any atom is -0.323 e. The van der Waals surface area contributed by atoms with Crippen LogP contribution < -0.4 is 10.9 Å². The number of anilines is 1. The number of aromatic nitrogens is 2. The third-order valence-electron chi connectivity index (χ3n) is 3.81. The van der Waals surface area contributed by atoms with Crippen molar-refractivity contribution in [1.82, 2.24) is 9.55 Å². The maximum Gasteiger partial charge on any atom is 0.418 e. The molecule has 0 radical (unpaired) electrons. The van der Waals surface area contributed by atoms with Crippen LogP contribution in [0.2, 0.25) is 5.02 Å². The fourth-order valence-corrected chi connectivity index (χ4v) is 3.66. The summed E-state index contributed by atoms with van der Waals surface area (Å²) < 4.78 is 40.4. The van der Waals surface area contributed by atoms with Gasteiger partial charge in [0, 0.05) is 4.88 Å². The van der Waals surface area contributed by atoms with Crippen LogP contribution in [0.3, 0.4) is 0 Å². The van der Waals surface area contributed by atoms with Gasteiger partial charge in [-0.25, -0.2) is 4.98 Å². The van der Waals surface area contributed by atoms with Gasteiger partial charge in [-0.15, -0.1) is 11.3 Å². The Morgan fingerprint density at radius 3 is 2.78 bits per heavy atom. The van der Waals surface area contributed by atoms with Gasteiger partial charge in [-0.05, 0) is 24.6 Å². The molecule has 1 amide bonds. The summed E-state index contributed by atoms with van der Waals surface area (Å²) in [6, 6.07) is 4.91. The van der Waals surface area contributed by atoms with E-state index in [-0.39, 0.29) is 5.02 Å². The smallest absolute Gasteiger partial charge is 0.323 e. The highest BCUT2D eigenvalue weighted by atomic mass is 35.5. The van der Waals surface area contributed by atoms with E-state index < -0.39 is 35.4 Å². The number of alkyl halides is 3. The molecule has 3 aromatic rings. The number of thiophene rings is 1. The Hall–Kier alpha value is -2.39. The Labute approximate surface area is 160 Å². The fourth-order valence-electron chi connectivity index (χ4n) is 2.52. The average molecular weight is 416 g/mol. The molecule has 10 heteroatoms. The van der Waals surface area contributed by atoms with Gasteiger partial charge in [-0.2, -0.15) is 13.2 Å². The molecule has 0 bridgehead atoms. The van der Waals surface area contributed by atoms with Gasteiger partial charge in [-0.3, -0.25) is 14.2 Å². The van der Waals surface area contributed by atoms with Crippen LogP contribution in [0.4, 0.5) is 18.9 Å². The molecule has 0 spiro atoms. The number of nitrogens with one attached hydrogen (secondary N) is 1. The highest BCUT2D eigenvalue weighted by Gasteiger charge is 2.34. The predicted molar refractivity (Wildman–Crippen MR) is 98.3 cm³/mol. The number of carbonyl (C=O) groups excluding carboxylic acids is 1. The molecule has 2 aromatic heterocycles. The van der Waals surface area contributed by atoms with Crippen molar-refractivity contribution < 1.29 is 18.0 Å². The summed E-state index contributed by atoms with van der Waals surface area (Å²) in [6.45, 7) is 1.46. The predicted octanol–water partition coefficient (Wildman–Crippen LogP) is 4.33. The third kappa shape index (κ3) is 3.98. The molecule has 2 heterocycles.